The fourth-order valence-electron chi connectivity index (χ4n) is 3.03. The highest BCUT2D eigenvalue weighted by Gasteiger charge is 2.25. The third kappa shape index (κ3) is 5.10. The Hall–Kier alpha value is -2.41. The van der Waals surface area contributed by atoms with E-state index in [4.69, 9.17) is 27.9 Å². The zero-order valence-corrected chi connectivity index (χ0v) is 16.7. The van der Waals surface area contributed by atoms with E-state index in [1.165, 1.54) is 18.5 Å². The van der Waals surface area contributed by atoms with E-state index in [1.807, 2.05) is 24.3 Å². The van der Waals surface area contributed by atoms with Crippen molar-refractivity contribution in [2.75, 3.05) is 25.0 Å². The molecule has 28 heavy (non-hydrogen) atoms. The Morgan fingerprint density at radius 3 is 2.86 bits per heavy atom. The van der Waals surface area contributed by atoms with Gasteiger partial charge >= 0.3 is 0 Å². The molecule has 1 atom stereocenters. The first-order valence-corrected chi connectivity index (χ1v) is 9.49. The molecule has 1 saturated heterocycles. The number of hydrogen-bond donors (Lipinski definition) is 1. The maximum Gasteiger partial charge on any atom is 0.247 e. The van der Waals surface area contributed by atoms with Gasteiger partial charge in [0, 0.05) is 36.3 Å². The number of anilines is 1. The Morgan fingerprint density at radius 2 is 2.11 bits per heavy atom. The minimum absolute atomic E-state index is 0.153. The number of hydrogen-bond acceptors (Lipinski definition) is 4. The summed E-state index contributed by atoms with van der Waals surface area (Å²) in [5.74, 6) is 0.118. The number of nitrogens with zero attached hydrogens (tertiary/aromatic N) is 2. The summed E-state index contributed by atoms with van der Waals surface area (Å²) in [6, 6.07) is 9.25. The molecule has 2 amide bonds. The van der Waals surface area contributed by atoms with Gasteiger partial charge in [-0.3, -0.25) is 9.59 Å². The van der Waals surface area contributed by atoms with Gasteiger partial charge < -0.3 is 15.0 Å². The van der Waals surface area contributed by atoms with Crippen LogP contribution in [0.2, 0.25) is 5.02 Å². The van der Waals surface area contributed by atoms with Crippen LogP contribution in [0.1, 0.15) is 18.6 Å². The molecule has 6 nitrogen and oxygen atoms in total. The molecule has 0 aliphatic carbocycles. The van der Waals surface area contributed by atoms with E-state index in [0.29, 0.717) is 30.5 Å². The summed E-state index contributed by atoms with van der Waals surface area (Å²) < 4.78 is 5.87. The maximum absolute atomic E-state index is 12.1. The molecule has 2 aromatic rings. The molecular weight excluding hydrogens is 401 g/mol. The summed E-state index contributed by atoms with van der Waals surface area (Å²) in [6.45, 7) is 2.77. The smallest absolute Gasteiger partial charge is 0.247 e. The second-order valence-electron chi connectivity index (χ2n) is 6.32. The molecule has 1 N–H and O–H groups in total. The third-order valence-electron chi connectivity index (χ3n) is 4.27. The number of halogens is 2. The van der Waals surface area contributed by atoms with Crippen LogP contribution in [0, 0.1) is 0 Å². The lowest BCUT2D eigenvalue weighted by Gasteiger charge is -2.32. The van der Waals surface area contributed by atoms with E-state index in [1.54, 1.807) is 17.2 Å². The van der Waals surface area contributed by atoms with Crippen molar-refractivity contribution in [3.05, 3.63) is 58.7 Å². The minimum atomic E-state index is -0.296. The summed E-state index contributed by atoms with van der Waals surface area (Å²) in [4.78, 5) is 29.2. The molecule has 8 heteroatoms. The Morgan fingerprint density at radius 1 is 1.29 bits per heavy atom. The van der Waals surface area contributed by atoms with Gasteiger partial charge in [0.1, 0.15) is 11.9 Å². The van der Waals surface area contributed by atoms with Gasteiger partial charge in [0.05, 0.1) is 13.2 Å². The summed E-state index contributed by atoms with van der Waals surface area (Å²) in [7, 11) is 0. The van der Waals surface area contributed by atoms with Crippen molar-refractivity contribution in [3.8, 4) is 11.1 Å². The van der Waals surface area contributed by atoms with Crippen LogP contribution in [0.4, 0.5) is 5.82 Å². The highest BCUT2D eigenvalue weighted by atomic mass is 35.5. The second kappa shape index (κ2) is 9.19. The van der Waals surface area contributed by atoms with Crippen LogP contribution in [-0.4, -0.2) is 41.4 Å². The van der Waals surface area contributed by atoms with Crippen LogP contribution < -0.4 is 5.32 Å². The second-order valence-corrected chi connectivity index (χ2v) is 7.01. The summed E-state index contributed by atoms with van der Waals surface area (Å²) in [5.41, 5.74) is 3.80. The van der Waals surface area contributed by atoms with Crippen molar-refractivity contribution >= 4 is 40.8 Å². The zero-order valence-electron chi connectivity index (χ0n) is 15.2. The average Bonchev–Trinajstić information content (AvgIpc) is 2.67. The van der Waals surface area contributed by atoms with E-state index < -0.39 is 0 Å². The first-order chi connectivity index (χ1) is 13.5. The lowest BCUT2D eigenvalue weighted by molar-refractivity contribution is -0.133. The van der Waals surface area contributed by atoms with Gasteiger partial charge in [0.15, 0.2) is 0 Å². The van der Waals surface area contributed by atoms with Crippen LogP contribution in [0.15, 0.2) is 48.1 Å². The van der Waals surface area contributed by atoms with E-state index in [9.17, 15) is 9.59 Å². The highest BCUT2D eigenvalue weighted by molar-refractivity contribution is 6.31. The molecule has 0 spiro atoms. The topological polar surface area (TPSA) is 71.5 Å². The van der Waals surface area contributed by atoms with Gasteiger partial charge in [-0.1, -0.05) is 23.2 Å². The Kier molecular flexibility index (Phi) is 6.67. The summed E-state index contributed by atoms with van der Waals surface area (Å²) in [5, 5.41) is 3.22. The molecule has 0 bridgehead atoms. The van der Waals surface area contributed by atoms with Crippen molar-refractivity contribution in [2.24, 2.45) is 0 Å². The van der Waals surface area contributed by atoms with Crippen molar-refractivity contribution in [1.29, 1.82) is 0 Å². The highest BCUT2D eigenvalue weighted by Crippen LogP contribution is 2.31. The van der Waals surface area contributed by atoms with Gasteiger partial charge in [-0.05, 0) is 47.0 Å². The van der Waals surface area contributed by atoms with Crippen LogP contribution in [0.5, 0.6) is 0 Å². The predicted octanol–water partition coefficient (Wildman–Crippen LogP) is 4.01. The number of pyridine rings is 1. The molecule has 1 aliphatic heterocycles. The van der Waals surface area contributed by atoms with Gasteiger partial charge in [0.2, 0.25) is 11.8 Å². The molecule has 0 saturated carbocycles. The number of rotatable bonds is 4. The molecule has 1 aromatic carbocycles. The summed E-state index contributed by atoms with van der Waals surface area (Å²) in [6.07, 6.45) is 2.65. The van der Waals surface area contributed by atoms with Crippen LogP contribution in [0.25, 0.3) is 11.1 Å². The van der Waals surface area contributed by atoms with Crippen molar-refractivity contribution in [3.63, 3.8) is 0 Å². The van der Waals surface area contributed by atoms with Crippen molar-refractivity contribution in [1.82, 2.24) is 9.88 Å². The first kappa shape index (κ1) is 20.3. The number of ether oxygens (including phenoxy) is 1. The van der Waals surface area contributed by atoms with E-state index in [2.05, 4.69) is 10.3 Å². The Bertz CT molecular complexity index is 917. The maximum atomic E-state index is 12.1. The number of morpholine rings is 1. The Balaban J connectivity index is 1.87. The van der Waals surface area contributed by atoms with Crippen molar-refractivity contribution < 1.29 is 14.3 Å². The number of nitrogens with one attached hydrogen (secondary N) is 1. The number of carbonyl (C=O) groups excluding carboxylic acids is 2. The van der Waals surface area contributed by atoms with Crippen molar-refractivity contribution in [2.45, 2.75) is 13.0 Å². The molecule has 1 fully saturated rings. The minimum Gasteiger partial charge on any atom is -0.370 e. The number of aromatic nitrogens is 1. The van der Waals surface area contributed by atoms with Gasteiger partial charge in [0.25, 0.3) is 0 Å². The molecule has 1 aliphatic rings. The fourth-order valence-corrected chi connectivity index (χ4v) is 3.39. The van der Waals surface area contributed by atoms with E-state index in [0.717, 1.165) is 16.7 Å². The quantitative estimate of drug-likeness (QED) is 0.759. The molecule has 0 radical (unpaired) electrons. The molecule has 2 heterocycles. The van der Waals surface area contributed by atoms with Gasteiger partial charge in [-0.25, -0.2) is 4.98 Å². The van der Waals surface area contributed by atoms with E-state index >= 15 is 0 Å². The SMILES string of the molecule is CC(=O)Nc1cc(-c2cc(Cl)cc([C@@H]3CN(C(=O)/C=C\Cl)CCO3)c2)ccn1. The monoisotopic (exact) mass is 419 g/mol. The number of benzene rings is 1. The average molecular weight is 420 g/mol. The fraction of sp³-hybridized carbons (Fsp3) is 0.250. The predicted molar refractivity (Wildman–Crippen MR) is 109 cm³/mol. The molecular formula is C20H19Cl2N3O3. The summed E-state index contributed by atoms with van der Waals surface area (Å²) >= 11 is 11.9. The normalized spacial score (nSPS) is 17.0. The van der Waals surface area contributed by atoms with Crippen LogP contribution in [-0.2, 0) is 14.3 Å². The van der Waals surface area contributed by atoms with Gasteiger partial charge in [-0.2, -0.15) is 0 Å². The lowest BCUT2D eigenvalue weighted by atomic mass is 10.00. The molecule has 0 unspecified atom stereocenters. The van der Waals surface area contributed by atoms with Crippen LogP contribution in [0.3, 0.4) is 0 Å². The van der Waals surface area contributed by atoms with E-state index in [-0.39, 0.29) is 17.9 Å². The Labute approximate surface area is 173 Å². The lowest BCUT2D eigenvalue weighted by Crippen LogP contribution is -2.41. The third-order valence-corrected chi connectivity index (χ3v) is 4.62. The number of carbonyl (C=O) groups is 2. The standard InChI is InChI=1S/C20H19Cl2N3O3/c1-13(26)24-19-11-14(3-5-23-19)15-8-16(10-17(22)9-15)18-12-25(6-7-28-18)20(27)2-4-21/h2-5,8-11,18H,6-7,12H2,1H3,(H,23,24,26)/b4-2-/t18-/m0/s1. The first-order valence-electron chi connectivity index (χ1n) is 8.68. The molecule has 1 aromatic heterocycles. The largest absolute Gasteiger partial charge is 0.370 e. The molecule has 146 valence electrons. The molecule has 3 rings (SSSR count). The van der Waals surface area contributed by atoms with Crippen LogP contribution >= 0.6 is 23.2 Å². The zero-order chi connectivity index (χ0) is 20.1. The number of amides is 2. The van der Waals surface area contributed by atoms with Gasteiger partial charge in [-0.15, -0.1) is 0 Å².